The second-order valence-electron chi connectivity index (χ2n) is 24.4. The summed E-state index contributed by atoms with van der Waals surface area (Å²) in [7, 11) is 0. The molecular formula is C82H74F6N2O10. The quantitative estimate of drug-likeness (QED) is 0.0141. The predicted molar refractivity (Wildman–Crippen MR) is 367 cm³/mol. The van der Waals surface area contributed by atoms with Crippen LogP contribution in [0.5, 0.6) is 11.5 Å². The van der Waals surface area contributed by atoms with Crippen molar-refractivity contribution in [3.05, 3.63) is 346 Å². The largest absolute Gasteiger partial charge is 0.489 e. The Morgan fingerprint density at radius 1 is 0.370 bits per heavy atom. The molecule has 10 aromatic carbocycles. The minimum atomic E-state index is -4.60. The Hall–Kier alpha value is -10.5. The van der Waals surface area contributed by atoms with Gasteiger partial charge in [-0.15, -0.1) is 0 Å². The van der Waals surface area contributed by atoms with Gasteiger partial charge in [-0.3, -0.25) is 9.59 Å². The van der Waals surface area contributed by atoms with Gasteiger partial charge in [-0.1, -0.05) is 231 Å². The van der Waals surface area contributed by atoms with Gasteiger partial charge in [-0.25, -0.2) is 9.59 Å². The number of carbonyl (C=O) groups is 4. The zero-order valence-electron chi connectivity index (χ0n) is 54.7. The highest BCUT2D eigenvalue weighted by atomic mass is 19.4. The summed E-state index contributed by atoms with van der Waals surface area (Å²) in [6.45, 7) is 3.29. The van der Waals surface area contributed by atoms with E-state index in [9.17, 15) is 36.6 Å². The summed E-state index contributed by atoms with van der Waals surface area (Å²) in [6.07, 6.45) is -11.3. The van der Waals surface area contributed by atoms with Crippen LogP contribution in [0.2, 0.25) is 0 Å². The summed E-state index contributed by atoms with van der Waals surface area (Å²) in [6, 6.07) is 71.8. The summed E-state index contributed by atoms with van der Waals surface area (Å²) >= 11 is 0. The Morgan fingerprint density at radius 3 is 0.950 bits per heavy atom. The number of alkyl halides is 6. The van der Waals surface area contributed by atoms with Crippen LogP contribution >= 0.6 is 0 Å². The standard InChI is InChI=1S/C82H74F6N2O10/c1-55(89-49-47-71(59-25-9-3-10-26-59)60-27-11-4-12-28-60)73(63-39-43-69(44-40-63)97-53-57-23-21-37-67(51-57)81(83,84)85)99-77(93)79(95,75(91)65-33-17-7-18-34-65)80(96,76(92)66-35-19-8-20-36-66)78(94)100-74(56(2)90-50-48-72(61-29-13-5-14-30-61)62-31-15-6-16-32-62)64-41-45-70(46-42-64)98-54-58-24-22-38-68(52-58)82(86,87)88/h3-46,51-52,55-56,71-74,89-90,95-96H,47-50,53-54H2,1-2H3. The second-order valence-corrected chi connectivity index (χ2v) is 24.4. The smallest absolute Gasteiger partial charge is 0.416 e. The number of hydrogen-bond donors (Lipinski definition) is 4. The maximum atomic E-state index is 16.0. The monoisotopic (exact) mass is 1360 g/mol. The number of hydrogen-bond acceptors (Lipinski definition) is 12. The van der Waals surface area contributed by atoms with Crippen LogP contribution in [-0.4, -0.2) is 70.1 Å². The van der Waals surface area contributed by atoms with Crippen molar-refractivity contribution in [1.82, 2.24) is 10.6 Å². The average Bonchev–Trinajstić information content (AvgIpc) is 0.721. The molecule has 0 saturated carbocycles. The molecule has 4 N–H and O–H groups in total. The third-order valence-electron chi connectivity index (χ3n) is 17.6. The molecule has 6 atom stereocenters. The molecule has 0 fully saturated rings. The van der Waals surface area contributed by atoms with Crippen molar-refractivity contribution in [3.8, 4) is 11.5 Å². The number of carbonyl (C=O) groups excluding carboxylic acids is 4. The number of ketones is 2. The van der Waals surface area contributed by atoms with Crippen LogP contribution < -0.4 is 20.1 Å². The van der Waals surface area contributed by atoms with Crippen LogP contribution in [0.3, 0.4) is 0 Å². The van der Waals surface area contributed by atoms with Gasteiger partial charge < -0.3 is 39.8 Å². The number of Topliss-reactive ketones (excluding diaryl/α,β-unsaturated/α-hetero) is 2. The lowest BCUT2D eigenvalue weighted by Gasteiger charge is -2.39. The van der Waals surface area contributed by atoms with Crippen molar-refractivity contribution in [2.45, 2.75) is 99.6 Å². The first-order chi connectivity index (χ1) is 48.1. The highest BCUT2D eigenvalue weighted by Gasteiger charge is 2.71. The van der Waals surface area contributed by atoms with Gasteiger partial charge in [0.2, 0.25) is 11.6 Å². The highest BCUT2D eigenvalue weighted by molar-refractivity contribution is 6.29. The first-order valence-corrected chi connectivity index (χ1v) is 32.6. The maximum absolute atomic E-state index is 16.0. The van der Waals surface area contributed by atoms with Crippen molar-refractivity contribution in [2.75, 3.05) is 13.1 Å². The van der Waals surface area contributed by atoms with Crippen LogP contribution in [0.4, 0.5) is 26.3 Å². The van der Waals surface area contributed by atoms with Gasteiger partial charge in [-0.2, -0.15) is 26.3 Å². The molecular weight excluding hydrogens is 1290 g/mol. The molecule has 0 aromatic heterocycles. The Kier molecular flexibility index (Phi) is 23.8. The molecule has 0 saturated heterocycles. The number of esters is 2. The Bertz CT molecular complexity index is 3930. The van der Waals surface area contributed by atoms with E-state index in [4.69, 9.17) is 18.9 Å². The van der Waals surface area contributed by atoms with Crippen LogP contribution in [0.25, 0.3) is 0 Å². The van der Waals surface area contributed by atoms with Crippen molar-refractivity contribution >= 4 is 23.5 Å². The SMILES string of the molecule is CC(NCCC(c1ccccc1)c1ccccc1)C(OC(=O)C(O)(C(=O)c1ccccc1)C(O)(C(=O)OC(c1ccc(OCc2cccc(C(F)(F)F)c2)cc1)C(C)NCCC(c1ccccc1)c1ccccc1)C(=O)c1ccccc1)c1ccc(OCc2cccc(C(F)(F)F)c2)cc1. The van der Waals surface area contributed by atoms with Crippen molar-refractivity contribution in [3.63, 3.8) is 0 Å². The zero-order chi connectivity index (χ0) is 70.9. The van der Waals surface area contributed by atoms with Gasteiger partial charge in [0.25, 0.3) is 11.2 Å². The van der Waals surface area contributed by atoms with Crippen molar-refractivity contribution < 1.29 is 74.7 Å². The van der Waals surface area contributed by atoms with E-state index in [1.54, 1.807) is 13.8 Å². The predicted octanol–water partition coefficient (Wildman–Crippen LogP) is 16.4. The molecule has 10 aromatic rings. The van der Waals surface area contributed by atoms with Crippen LogP contribution in [0.15, 0.2) is 279 Å². The summed E-state index contributed by atoms with van der Waals surface area (Å²) in [5, 5.41) is 34.2. The molecule has 0 radical (unpaired) electrons. The number of rotatable bonds is 31. The molecule has 0 bridgehead atoms. The lowest BCUT2D eigenvalue weighted by molar-refractivity contribution is -0.201. The number of nitrogens with one attached hydrogen (secondary N) is 2. The van der Waals surface area contributed by atoms with Gasteiger partial charge in [0, 0.05) is 35.0 Å². The van der Waals surface area contributed by atoms with Gasteiger partial charge in [-0.05, 0) is 133 Å². The lowest BCUT2D eigenvalue weighted by Crippen LogP contribution is -2.72. The van der Waals surface area contributed by atoms with E-state index in [0.717, 1.165) is 46.5 Å². The third kappa shape index (κ3) is 17.7. The minimum Gasteiger partial charge on any atom is -0.489 e. The molecule has 0 aliphatic heterocycles. The third-order valence-corrected chi connectivity index (χ3v) is 17.6. The highest BCUT2D eigenvalue weighted by Crippen LogP contribution is 2.40. The molecule has 0 spiro atoms. The van der Waals surface area contributed by atoms with Crippen molar-refractivity contribution in [1.29, 1.82) is 0 Å². The fourth-order valence-electron chi connectivity index (χ4n) is 12.2. The summed E-state index contributed by atoms with van der Waals surface area (Å²) in [4.78, 5) is 63.3. The molecule has 18 heteroatoms. The van der Waals surface area contributed by atoms with Gasteiger partial charge >= 0.3 is 24.3 Å². The molecule has 10 rings (SSSR count). The van der Waals surface area contributed by atoms with E-state index < -0.39 is 93.6 Å². The number of halogens is 6. The van der Waals surface area contributed by atoms with E-state index in [1.807, 2.05) is 121 Å². The molecule has 100 heavy (non-hydrogen) atoms. The average molecular weight is 1360 g/mol. The molecule has 0 aliphatic rings. The van der Waals surface area contributed by atoms with E-state index in [1.165, 1.54) is 133 Å². The first kappa shape index (κ1) is 72.2. The fourth-order valence-corrected chi connectivity index (χ4v) is 12.2. The molecule has 6 unspecified atom stereocenters. The summed E-state index contributed by atoms with van der Waals surface area (Å²) in [5.41, 5.74) is -6.13. The van der Waals surface area contributed by atoms with E-state index in [0.29, 0.717) is 12.8 Å². The second kappa shape index (κ2) is 32.9. The van der Waals surface area contributed by atoms with E-state index >= 15 is 19.2 Å². The maximum Gasteiger partial charge on any atom is 0.416 e. The van der Waals surface area contributed by atoms with Crippen LogP contribution in [0.1, 0.15) is 127 Å². The minimum absolute atomic E-state index is 0.137. The van der Waals surface area contributed by atoms with Crippen LogP contribution in [-0.2, 0) is 44.6 Å². The van der Waals surface area contributed by atoms with Gasteiger partial charge in [0.05, 0.1) is 11.1 Å². The Balaban J connectivity index is 1.03. The normalized spacial score (nSPS) is 14.2. The Morgan fingerprint density at radius 2 is 0.660 bits per heavy atom. The van der Waals surface area contributed by atoms with Gasteiger partial charge in [0.15, 0.2) is 0 Å². The number of aliphatic hydroxyl groups is 2. The molecule has 0 heterocycles. The summed E-state index contributed by atoms with van der Waals surface area (Å²) in [5.74, 6) is -7.06. The van der Waals surface area contributed by atoms with E-state index in [2.05, 4.69) is 10.6 Å². The number of ether oxygens (including phenoxy) is 4. The molecule has 514 valence electrons. The topological polar surface area (TPSA) is 170 Å². The fraction of sp³-hybridized carbons (Fsp3) is 0.220. The number of benzene rings is 10. The van der Waals surface area contributed by atoms with Crippen LogP contribution in [0, 0.1) is 0 Å². The van der Waals surface area contributed by atoms with Crippen molar-refractivity contribution in [2.24, 2.45) is 0 Å². The van der Waals surface area contributed by atoms with Gasteiger partial charge in [0.1, 0.15) is 36.9 Å². The zero-order valence-corrected chi connectivity index (χ0v) is 54.7. The molecule has 0 amide bonds. The summed E-state index contributed by atoms with van der Waals surface area (Å²) < 4.78 is 107. The van der Waals surface area contributed by atoms with E-state index in [-0.39, 0.29) is 71.9 Å². The molecule has 12 nitrogen and oxygen atoms in total. The first-order valence-electron chi connectivity index (χ1n) is 32.6. The lowest BCUT2D eigenvalue weighted by atomic mass is 9.72. The molecule has 0 aliphatic carbocycles. The Labute approximate surface area is 576 Å².